The van der Waals surface area contributed by atoms with Crippen LogP contribution in [0, 0.1) is 11.3 Å². The van der Waals surface area contributed by atoms with Gasteiger partial charge in [0.15, 0.2) is 0 Å². The molecule has 0 saturated carbocycles. The van der Waals surface area contributed by atoms with Crippen LogP contribution < -0.4 is 16.2 Å². The fourth-order valence-electron chi connectivity index (χ4n) is 2.50. The number of ether oxygens (including phenoxy) is 1. The molecule has 1 aliphatic heterocycles. The van der Waals surface area contributed by atoms with Gasteiger partial charge in [-0.3, -0.25) is 0 Å². The van der Waals surface area contributed by atoms with Crippen LogP contribution in [0.15, 0.2) is 58.4 Å². The van der Waals surface area contributed by atoms with Crippen LogP contribution in [0.1, 0.15) is 17.0 Å². The van der Waals surface area contributed by atoms with Crippen LogP contribution in [0.3, 0.4) is 0 Å². The van der Waals surface area contributed by atoms with E-state index in [1.165, 1.54) is 0 Å². The molecule has 1 aliphatic rings. The van der Waals surface area contributed by atoms with E-state index < -0.39 is 0 Å². The summed E-state index contributed by atoms with van der Waals surface area (Å²) in [6.07, 6.45) is 0. The molecule has 2 aromatic rings. The molecule has 1 heterocycles. The summed E-state index contributed by atoms with van der Waals surface area (Å²) in [6.45, 7) is 0. The number of nitrogens with two attached hydrogens (primary N) is 2. The van der Waals surface area contributed by atoms with Crippen molar-refractivity contribution in [2.75, 3.05) is 5.73 Å². The highest BCUT2D eigenvalue weighted by molar-refractivity contribution is 9.10. The van der Waals surface area contributed by atoms with Gasteiger partial charge < -0.3 is 16.2 Å². The lowest BCUT2D eigenvalue weighted by atomic mass is 9.83. The van der Waals surface area contributed by atoms with Crippen molar-refractivity contribution in [3.63, 3.8) is 0 Å². The van der Waals surface area contributed by atoms with Crippen molar-refractivity contribution >= 4 is 21.6 Å². The second-order valence-corrected chi connectivity index (χ2v) is 5.60. The highest BCUT2D eigenvalue weighted by Gasteiger charge is 2.31. The number of nitriles is 1. The predicted molar refractivity (Wildman–Crippen MR) is 84.3 cm³/mol. The third-order valence-corrected chi connectivity index (χ3v) is 4.18. The van der Waals surface area contributed by atoms with Crippen LogP contribution in [-0.4, -0.2) is 0 Å². The van der Waals surface area contributed by atoms with Gasteiger partial charge in [-0.15, -0.1) is 0 Å². The number of halogens is 1. The molecule has 21 heavy (non-hydrogen) atoms. The maximum absolute atomic E-state index is 9.46. The Balaban J connectivity index is 2.27. The molecule has 5 heteroatoms. The maximum Gasteiger partial charge on any atom is 0.205 e. The summed E-state index contributed by atoms with van der Waals surface area (Å²) < 4.78 is 6.46. The average molecular weight is 342 g/mol. The lowest BCUT2D eigenvalue weighted by molar-refractivity contribution is 0.394. The number of hydrogen-bond acceptors (Lipinski definition) is 4. The molecule has 0 bridgehead atoms. The fourth-order valence-corrected chi connectivity index (χ4v) is 3.01. The third kappa shape index (κ3) is 2.24. The Hall–Kier alpha value is -2.45. The summed E-state index contributed by atoms with van der Waals surface area (Å²) in [4.78, 5) is 0. The number of hydrogen-bond donors (Lipinski definition) is 2. The summed E-state index contributed by atoms with van der Waals surface area (Å²) in [7, 11) is 0. The second-order valence-electron chi connectivity index (χ2n) is 4.74. The highest BCUT2D eigenvalue weighted by atomic mass is 79.9. The second kappa shape index (κ2) is 5.15. The van der Waals surface area contributed by atoms with E-state index in [1.54, 1.807) is 12.1 Å². The first-order valence-electron chi connectivity index (χ1n) is 6.33. The van der Waals surface area contributed by atoms with Gasteiger partial charge >= 0.3 is 0 Å². The quantitative estimate of drug-likeness (QED) is 0.779. The van der Waals surface area contributed by atoms with Crippen LogP contribution >= 0.6 is 15.9 Å². The molecule has 4 nitrogen and oxygen atoms in total. The molecule has 0 amide bonds. The first kappa shape index (κ1) is 13.5. The Morgan fingerprint density at radius 3 is 2.57 bits per heavy atom. The van der Waals surface area contributed by atoms with Crippen LogP contribution in [0.5, 0.6) is 5.75 Å². The van der Waals surface area contributed by atoms with Gasteiger partial charge in [0.25, 0.3) is 0 Å². The van der Waals surface area contributed by atoms with Crippen molar-refractivity contribution in [3.8, 4) is 11.8 Å². The first-order chi connectivity index (χ1) is 10.1. The van der Waals surface area contributed by atoms with E-state index in [-0.39, 0.29) is 11.8 Å². The molecule has 0 aromatic heterocycles. The molecule has 0 fully saturated rings. The first-order valence-corrected chi connectivity index (χ1v) is 7.12. The van der Waals surface area contributed by atoms with Crippen molar-refractivity contribution in [3.05, 3.63) is 69.5 Å². The Morgan fingerprint density at radius 1 is 1.10 bits per heavy atom. The standard InChI is InChI=1S/C16H12BrN3O/c17-13-4-2-1-3-10(13)15-11-6-5-9(19)7-14(11)21-16(20)12(15)8-18/h1-7,15H,19-20H2/t15-/m0/s1. The highest BCUT2D eigenvalue weighted by Crippen LogP contribution is 2.44. The zero-order valence-electron chi connectivity index (χ0n) is 11.0. The molecule has 0 aliphatic carbocycles. The van der Waals surface area contributed by atoms with Gasteiger partial charge in [0.05, 0.1) is 5.92 Å². The summed E-state index contributed by atoms with van der Waals surface area (Å²) in [5.41, 5.74) is 14.5. The van der Waals surface area contributed by atoms with Gasteiger partial charge in [-0.2, -0.15) is 5.26 Å². The number of fused-ring (bicyclic) bond motifs is 1. The van der Waals surface area contributed by atoms with E-state index in [0.29, 0.717) is 17.0 Å². The minimum atomic E-state index is -0.269. The van der Waals surface area contributed by atoms with Gasteiger partial charge in [-0.1, -0.05) is 40.2 Å². The number of rotatable bonds is 1. The Morgan fingerprint density at radius 2 is 1.86 bits per heavy atom. The smallest absolute Gasteiger partial charge is 0.205 e. The molecular formula is C16H12BrN3O. The van der Waals surface area contributed by atoms with Gasteiger partial charge in [0.2, 0.25) is 5.88 Å². The van der Waals surface area contributed by atoms with Crippen LogP contribution in [0.25, 0.3) is 0 Å². The zero-order valence-corrected chi connectivity index (χ0v) is 12.6. The van der Waals surface area contributed by atoms with E-state index >= 15 is 0 Å². The summed E-state index contributed by atoms with van der Waals surface area (Å²) >= 11 is 3.54. The molecule has 2 aromatic carbocycles. The van der Waals surface area contributed by atoms with E-state index in [2.05, 4.69) is 22.0 Å². The Labute approximate surface area is 130 Å². The van der Waals surface area contributed by atoms with Crippen LogP contribution in [-0.2, 0) is 0 Å². The molecule has 0 unspecified atom stereocenters. The lowest BCUT2D eigenvalue weighted by Gasteiger charge is -2.27. The molecule has 0 saturated heterocycles. The molecule has 104 valence electrons. The van der Waals surface area contributed by atoms with Crippen LogP contribution in [0.2, 0.25) is 0 Å². The lowest BCUT2D eigenvalue weighted by Crippen LogP contribution is -2.21. The molecular weight excluding hydrogens is 330 g/mol. The zero-order chi connectivity index (χ0) is 15.0. The van der Waals surface area contributed by atoms with Crippen molar-refractivity contribution < 1.29 is 4.74 Å². The normalized spacial score (nSPS) is 16.9. The monoisotopic (exact) mass is 341 g/mol. The van der Waals surface area contributed by atoms with Crippen molar-refractivity contribution in [2.45, 2.75) is 5.92 Å². The van der Waals surface area contributed by atoms with Crippen molar-refractivity contribution in [1.82, 2.24) is 0 Å². The fraction of sp³-hybridized carbons (Fsp3) is 0.0625. The van der Waals surface area contributed by atoms with Gasteiger partial charge in [-0.05, 0) is 17.7 Å². The van der Waals surface area contributed by atoms with Gasteiger partial charge in [0, 0.05) is 21.8 Å². The maximum atomic E-state index is 9.46. The number of anilines is 1. The van der Waals surface area contributed by atoms with E-state index in [9.17, 15) is 5.26 Å². The minimum absolute atomic E-state index is 0.122. The minimum Gasteiger partial charge on any atom is -0.440 e. The Bertz CT molecular complexity index is 792. The largest absolute Gasteiger partial charge is 0.440 e. The van der Waals surface area contributed by atoms with E-state index in [4.69, 9.17) is 16.2 Å². The summed E-state index contributed by atoms with van der Waals surface area (Å²) in [5.74, 6) is 0.443. The summed E-state index contributed by atoms with van der Waals surface area (Å²) in [5, 5.41) is 9.46. The molecule has 0 spiro atoms. The van der Waals surface area contributed by atoms with Gasteiger partial charge in [-0.25, -0.2) is 0 Å². The SMILES string of the molecule is N#CC1=C(N)Oc2cc(N)ccc2[C@@H]1c1ccccc1Br. The molecule has 4 N–H and O–H groups in total. The topological polar surface area (TPSA) is 85.1 Å². The van der Waals surface area contributed by atoms with E-state index in [1.807, 2.05) is 30.3 Å². The predicted octanol–water partition coefficient (Wildman–Crippen LogP) is 3.25. The molecule has 1 atom stereocenters. The average Bonchev–Trinajstić information content (AvgIpc) is 2.46. The Kier molecular flexibility index (Phi) is 3.32. The van der Waals surface area contributed by atoms with Crippen molar-refractivity contribution in [1.29, 1.82) is 5.26 Å². The number of benzene rings is 2. The molecule has 0 radical (unpaired) electrons. The number of nitrogens with zero attached hydrogens (tertiary/aromatic N) is 1. The summed E-state index contributed by atoms with van der Waals surface area (Å²) in [6, 6.07) is 15.3. The van der Waals surface area contributed by atoms with E-state index in [0.717, 1.165) is 15.6 Å². The third-order valence-electron chi connectivity index (χ3n) is 3.46. The van der Waals surface area contributed by atoms with Gasteiger partial charge in [0.1, 0.15) is 17.4 Å². The number of nitrogen functional groups attached to an aromatic ring is 1. The number of allylic oxidation sites excluding steroid dienone is 1. The molecule has 3 rings (SSSR count). The van der Waals surface area contributed by atoms with Crippen molar-refractivity contribution in [2.24, 2.45) is 5.73 Å². The van der Waals surface area contributed by atoms with Crippen LogP contribution in [0.4, 0.5) is 5.69 Å².